The fourth-order valence-electron chi connectivity index (χ4n) is 4.15. The quantitative estimate of drug-likeness (QED) is 0.280. The first-order chi connectivity index (χ1) is 16.1. The van der Waals surface area contributed by atoms with Crippen molar-refractivity contribution < 1.29 is 4.79 Å². The minimum Gasteiger partial charge on any atom is -0.357 e. The summed E-state index contributed by atoms with van der Waals surface area (Å²) in [7, 11) is 0. The highest BCUT2D eigenvalue weighted by molar-refractivity contribution is 5.94. The van der Waals surface area contributed by atoms with E-state index in [9.17, 15) is 4.79 Å². The Morgan fingerprint density at radius 1 is 1.15 bits per heavy atom. The first-order valence-corrected chi connectivity index (χ1v) is 11.7. The van der Waals surface area contributed by atoms with Crippen LogP contribution in [0.1, 0.15) is 42.5 Å². The van der Waals surface area contributed by atoms with E-state index in [1.54, 1.807) is 0 Å². The standard InChI is InChI=1S/C26H32N6O/c1-3-27-26(29-17-21-16-25(33)30-24-14-8-7-13-23(21)24)28-15-9-10-20-18-32(31-19(20)2)22-11-5-4-6-12-22/h4-8,11-14,18,21H,3,9-10,15-17H2,1-2H3,(H,30,33)(H2,27,28,29). The SMILES string of the molecule is CCNC(=NCC1CC(=O)Nc2ccccc21)NCCCc1cn(-c2ccccc2)nc1C. The van der Waals surface area contributed by atoms with Gasteiger partial charge in [-0.25, -0.2) is 4.68 Å². The van der Waals surface area contributed by atoms with Crippen molar-refractivity contribution in [3.05, 3.63) is 77.6 Å². The van der Waals surface area contributed by atoms with E-state index < -0.39 is 0 Å². The molecule has 0 bridgehead atoms. The molecule has 0 fully saturated rings. The Morgan fingerprint density at radius 2 is 1.94 bits per heavy atom. The number of carbonyl (C=O) groups excluding carboxylic acids is 1. The number of fused-ring (bicyclic) bond motifs is 1. The van der Waals surface area contributed by atoms with Gasteiger partial charge in [-0.15, -0.1) is 0 Å². The molecule has 1 amide bonds. The zero-order valence-electron chi connectivity index (χ0n) is 19.3. The molecule has 0 aliphatic carbocycles. The van der Waals surface area contributed by atoms with E-state index in [-0.39, 0.29) is 11.8 Å². The Bertz CT molecular complexity index is 1100. The van der Waals surface area contributed by atoms with Gasteiger partial charge < -0.3 is 16.0 Å². The van der Waals surface area contributed by atoms with Crippen LogP contribution in [0, 0.1) is 6.92 Å². The lowest BCUT2D eigenvalue weighted by Crippen LogP contribution is -2.38. The van der Waals surface area contributed by atoms with Crippen molar-refractivity contribution in [1.82, 2.24) is 20.4 Å². The molecule has 2 aromatic carbocycles. The molecular weight excluding hydrogens is 412 g/mol. The number of aryl methyl sites for hydroxylation is 2. The average molecular weight is 445 g/mol. The van der Waals surface area contributed by atoms with Crippen molar-refractivity contribution >= 4 is 17.6 Å². The molecule has 3 N–H and O–H groups in total. The molecule has 7 heteroatoms. The van der Waals surface area contributed by atoms with Gasteiger partial charge in [0.2, 0.25) is 5.91 Å². The normalized spacial score (nSPS) is 15.6. The molecule has 3 aromatic rings. The van der Waals surface area contributed by atoms with Gasteiger partial charge in [-0.1, -0.05) is 36.4 Å². The molecule has 4 rings (SSSR count). The van der Waals surface area contributed by atoms with Gasteiger partial charge in [-0.2, -0.15) is 5.10 Å². The molecule has 0 saturated heterocycles. The van der Waals surface area contributed by atoms with Crippen molar-refractivity contribution in [1.29, 1.82) is 0 Å². The molecule has 0 radical (unpaired) electrons. The summed E-state index contributed by atoms with van der Waals surface area (Å²) >= 11 is 0. The number of anilines is 1. The van der Waals surface area contributed by atoms with Crippen LogP contribution in [0.25, 0.3) is 5.69 Å². The molecule has 1 aliphatic heterocycles. The van der Waals surface area contributed by atoms with Crippen LogP contribution in [0.4, 0.5) is 5.69 Å². The van der Waals surface area contributed by atoms with Gasteiger partial charge in [0.1, 0.15) is 0 Å². The predicted octanol–water partition coefficient (Wildman–Crippen LogP) is 3.79. The highest BCUT2D eigenvalue weighted by Crippen LogP contribution is 2.31. The first-order valence-electron chi connectivity index (χ1n) is 11.7. The smallest absolute Gasteiger partial charge is 0.225 e. The zero-order chi connectivity index (χ0) is 23.0. The number of aromatic nitrogens is 2. The molecule has 2 heterocycles. The van der Waals surface area contributed by atoms with E-state index in [4.69, 9.17) is 4.99 Å². The Kier molecular flexibility index (Phi) is 7.40. The third-order valence-corrected chi connectivity index (χ3v) is 5.86. The summed E-state index contributed by atoms with van der Waals surface area (Å²) in [5.74, 6) is 0.938. The van der Waals surface area contributed by atoms with Gasteiger partial charge in [-0.05, 0) is 56.0 Å². The van der Waals surface area contributed by atoms with Crippen LogP contribution in [-0.4, -0.2) is 41.3 Å². The van der Waals surface area contributed by atoms with E-state index in [0.717, 1.165) is 54.5 Å². The number of hydrogen-bond acceptors (Lipinski definition) is 3. The van der Waals surface area contributed by atoms with Gasteiger partial charge in [0, 0.05) is 37.3 Å². The fourth-order valence-corrected chi connectivity index (χ4v) is 4.15. The van der Waals surface area contributed by atoms with Crippen LogP contribution in [0.2, 0.25) is 0 Å². The fraction of sp³-hybridized carbons (Fsp3) is 0.346. The monoisotopic (exact) mass is 444 g/mol. The number of aliphatic imine (C=N–C) groups is 1. The number of guanidine groups is 1. The lowest BCUT2D eigenvalue weighted by atomic mass is 9.91. The van der Waals surface area contributed by atoms with Crippen molar-refractivity contribution in [3.8, 4) is 5.69 Å². The molecule has 1 atom stereocenters. The van der Waals surface area contributed by atoms with E-state index in [1.807, 2.05) is 41.1 Å². The largest absolute Gasteiger partial charge is 0.357 e. The van der Waals surface area contributed by atoms with Crippen molar-refractivity contribution in [2.45, 2.75) is 39.0 Å². The molecule has 1 aromatic heterocycles. The summed E-state index contributed by atoms with van der Waals surface area (Å²) in [5.41, 5.74) is 5.45. The maximum Gasteiger partial charge on any atom is 0.225 e. The number of para-hydroxylation sites is 2. The second-order valence-electron chi connectivity index (χ2n) is 8.31. The van der Waals surface area contributed by atoms with E-state index in [0.29, 0.717) is 13.0 Å². The molecule has 0 spiro atoms. The Balaban J connectivity index is 1.32. The molecule has 172 valence electrons. The number of rotatable bonds is 8. The maximum absolute atomic E-state index is 12.1. The number of amides is 1. The number of carbonyl (C=O) groups is 1. The molecule has 0 saturated carbocycles. The third kappa shape index (κ3) is 5.80. The second kappa shape index (κ2) is 10.8. The van der Waals surface area contributed by atoms with Crippen LogP contribution in [0.5, 0.6) is 0 Å². The van der Waals surface area contributed by atoms with Gasteiger partial charge >= 0.3 is 0 Å². The lowest BCUT2D eigenvalue weighted by Gasteiger charge is -2.24. The van der Waals surface area contributed by atoms with Crippen LogP contribution in [-0.2, 0) is 11.2 Å². The lowest BCUT2D eigenvalue weighted by molar-refractivity contribution is -0.116. The second-order valence-corrected chi connectivity index (χ2v) is 8.31. The van der Waals surface area contributed by atoms with Crippen LogP contribution >= 0.6 is 0 Å². The van der Waals surface area contributed by atoms with Crippen molar-refractivity contribution in [2.75, 3.05) is 25.0 Å². The van der Waals surface area contributed by atoms with Crippen LogP contribution in [0.15, 0.2) is 65.8 Å². The summed E-state index contributed by atoms with van der Waals surface area (Å²) in [6.07, 6.45) is 4.50. The molecule has 7 nitrogen and oxygen atoms in total. The average Bonchev–Trinajstić information content (AvgIpc) is 3.20. The van der Waals surface area contributed by atoms with Crippen molar-refractivity contribution in [3.63, 3.8) is 0 Å². The molecule has 1 aliphatic rings. The summed E-state index contributed by atoms with van der Waals surface area (Å²) in [5, 5.41) is 14.4. The highest BCUT2D eigenvalue weighted by Gasteiger charge is 2.24. The number of hydrogen-bond donors (Lipinski definition) is 3. The molecule has 33 heavy (non-hydrogen) atoms. The molecular formula is C26H32N6O. The van der Waals surface area contributed by atoms with Gasteiger partial charge in [0.05, 0.1) is 17.9 Å². The Hall–Kier alpha value is -3.61. The number of nitrogens with one attached hydrogen (secondary N) is 3. The summed E-state index contributed by atoms with van der Waals surface area (Å²) in [6, 6.07) is 18.2. The minimum absolute atomic E-state index is 0.0540. The number of benzene rings is 2. The van der Waals surface area contributed by atoms with Gasteiger partial charge in [-0.3, -0.25) is 9.79 Å². The van der Waals surface area contributed by atoms with E-state index in [1.165, 1.54) is 5.56 Å². The van der Waals surface area contributed by atoms with Crippen molar-refractivity contribution in [2.24, 2.45) is 4.99 Å². The number of nitrogens with zero attached hydrogens (tertiary/aromatic N) is 3. The van der Waals surface area contributed by atoms with E-state index >= 15 is 0 Å². The predicted molar refractivity (Wildman–Crippen MR) is 133 cm³/mol. The van der Waals surface area contributed by atoms with E-state index in [2.05, 4.69) is 59.3 Å². The van der Waals surface area contributed by atoms with Gasteiger partial charge in [0.25, 0.3) is 0 Å². The van der Waals surface area contributed by atoms with Crippen LogP contribution in [0.3, 0.4) is 0 Å². The minimum atomic E-state index is 0.0540. The zero-order valence-corrected chi connectivity index (χ0v) is 19.3. The summed E-state index contributed by atoms with van der Waals surface area (Å²) in [4.78, 5) is 16.8. The highest BCUT2D eigenvalue weighted by atomic mass is 16.1. The molecule has 1 unspecified atom stereocenters. The maximum atomic E-state index is 12.1. The topological polar surface area (TPSA) is 83.3 Å². The summed E-state index contributed by atoms with van der Waals surface area (Å²) < 4.78 is 1.95. The Morgan fingerprint density at radius 3 is 2.76 bits per heavy atom. The first kappa shape index (κ1) is 22.6. The third-order valence-electron chi connectivity index (χ3n) is 5.86. The Labute approximate surface area is 195 Å². The summed E-state index contributed by atoms with van der Waals surface area (Å²) in [6.45, 7) is 6.29. The van der Waals surface area contributed by atoms with Crippen LogP contribution < -0.4 is 16.0 Å². The van der Waals surface area contributed by atoms with Gasteiger partial charge in [0.15, 0.2) is 5.96 Å².